The molecule has 5 heteroatoms. The van der Waals surface area contributed by atoms with Crippen LogP contribution in [0.1, 0.15) is 49.4 Å². The maximum Gasteiger partial charge on any atom is 0.259 e. The zero-order valence-corrected chi connectivity index (χ0v) is 12.7. The zero-order valence-electron chi connectivity index (χ0n) is 12.7. The molecular formula is C17H20N2O3. The summed E-state index contributed by atoms with van der Waals surface area (Å²) in [6, 6.07) is 8.88. The van der Waals surface area contributed by atoms with Crippen LogP contribution < -0.4 is 10.1 Å². The predicted molar refractivity (Wildman–Crippen MR) is 81.5 cm³/mol. The Balaban J connectivity index is 1.87. The lowest BCUT2D eigenvalue weighted by atomic mass is 9.83. The lowest BCUT2D eigenvalue weighted by Crippen LogP contribution is -2.50. The van der Waals surface area contributed by atoms with Crippen LogP contribution in [0, 0.1) is 11.3 Å². The van der Waals surface area contributed by atoms with Gasteiger partial charge in [-0.15, -0.1) is 0 Å². The van der Waals surface area contributed by atoms with Gasteiger partial charge < -0.3 is 10.1 Å². The molecule has 0 unspecified atom stereocenters. The number of carbonyl (C=O) groups excluding carboxylic acids is 2. The lowest BCUT2D eigenvalue weighted by Gasteiger charge is -2.31. The van der Waals surface area contributed by atoms with Crippen molar-refractivity contribution < 1.29 is 14.3 Å². The highest BCUT2D eigenvalue weighted by Gasteiger charge is 2.33. The lowest BCUT2D eigenvalue weighted by molar-refractivity contribution is -0.124. The van der Waals surface area contributed by atoms with Crippen LogP contribution in [0.3, 0.4) is 0 Å². The van der Waals surface area contributed by atoms with Crippen molar-refractivity contribution in [3.8, 4) is 11.8 Å². The fourth-order valence-corrected chi connectivity index (χ4v) is 2.66. The average Bonchev–Trinajstić information content (AvgIpc) is 2.54. The summed E-state index contributed by atoms with van der Waals surface area (Å²) >= 11 is 0. The van der Waals surface area contributed by atoms with Gasteiger partial charge in [-0.2, -0.15) is 5.26 Å². The Hall–Kier alpha value is -2.35. The van der Waals surface area contributed by atoms with Gasteiger partial charge in [0.15, 0.2) is 12.4 Å². The molecule has 0 atom stereocenters. The van der Waals surface area contributed by atoms with Crippen molar-refractivity contribution in [1.29, 1.82) is 5.26 Å². The molecular weight excluding hydrogens is 280 g/mol. The Morgan fingerprint density at radius 2 is 1.86 bits per heavy atom. The predicted octanol–water partition coefficient (Wildman–Crippen LogP) is 2.61. The fraction of sp³-hybridized carbons (Fsp3) is 0.471. The van der Waals surface area contributed by atoms with E-state index < -0.39 is 5.54 Å². The number of ether oxygens (including phenoxy) is 1. The molecule has 1 N–H and O–H groups in total. The van der Waals surface area contributed by atoms with E-state index in [1.54, 1.807) is 24.3 Å². The van der Waals surface area contributed by atoms with E-state index in [9.17, 15) is 14.9 Å². The number of Topliss-reactive ketones (excluding diaryl/α,β-unsaturated/α-hetero) is 1. The van der Waals surface area contributed by atoms with Crippen LogP contribution in [0.4, 0.5) is 0 Å². The number of carbonyl (C=O) groups is 2. The second-order valence-corrected chi connectivity index (χ2v) is 5.67. The molecule has 1 fully saturated rings. The molecule has 22 heavy (non-hydrogen) atoms. The Morgan fingerprint density at radius 3 is 2.41 bits per heavy atom. The third-order valence-corrected chi connectivity index (χ3v) is 3.93. The minimum absolute atomic E-state index is 0.0162. The van der Waals surface area contributed by atoms with Crippen LogP contribution in [0.2, 0.25) is 0 Å². The van der Waals surface area contributed by atoms with Crippen molar-refractivity contribution >= 4 is 11.7 Å². The quantitative estimate of drug-likeness (QED) is 0.848. The van der Waals surface area contributed by atoms with Crippen LogP contribution in [0.25, 0.3) is 0 Å². The molecule has 1 aromatic rings. The number of amides is 1. The van der Waals surface area contributed by atoms with Crippen LogP contribution in [0.5, 0.6) is 5.75 Å². The Kier molecular flexibility index (Phi) is 5.16. The van der Waals surface area contributed by atoms with E-state index >= 15 is 0 Å². The molecule has 1 aromatic carbocycles. The summed E-state index contributed by atoms with van der Waals surface area (Å²) in [6.07, 6.45) is 4.42. The molecule has 0 aromatic heterocycles. The van der Waals surface area contributed by atoms with Crippen LogP contribution >= 0.6 is 0 Å². The minimum atomic E-state index is -0.739. The summed E-state index contributed by atoms with van der Waals surface area (Å²) in [6.45, 7) is 1.36. The van der Waals surface area contributed by atoms with Gasteiger partial charge in [-0.1, -0.05) is 19.3 Å². The topological polar surface area (TPSA) is 79.2 Å². The Morgan fingerprint density at radius 1 is 1.23 bits per heavy atom. The molecule has 1 aliphatic rings. The number of nitriles is 1. The van der Waals surface area contributed by atoms with Crippen LogP contribution in [0.15, 0.2) is 24.3 Å². The molecule has 1 amide bonds. The van der Waals surface area contributed by atoms with Crippen LogP contribution in [-0.2, 0) is 4.79 Å². The maximum atomic E-state index is 12.0. The molecule has 0 radical (unpaired) electrons. The molecule has 1 aliphatic carbocycles. The SMILES string of the molecule is CC(=O)c1ccc(OCC(=O)NC2(C#N)CCCCC2)cc1. The first-order valence-corrected chi connectivity index (χ1v) is 7.51. The van der Waals surface area contributed by atoms with Gasteiger partial charge in [0.1, 0.15) is 11.3 Å². The van der Waals surface area contributed by atoms with Gasteiger partial charge in [-0.3, -0.25) is 9.59 Å². The summed E-state index contributed by atoms with van der Waals surface area (Å²) in [5.41, 5.74) is -0.139. The van der Waals surface area contributed by atoms with Gasteiger partial charge in [0.05, 0.1) is 6.07 Å². The summed E-state index contributed by atoms with van der Waals surface area (Å²) < 4.78 is 5.40. The van der Waals surface area contributed by atoms with E-state index in [4.69, 9.17) is 4.74 Å². The van der Waals surface area contributed by atoms with Crippen molar-refractivity contribution in [2.75, 3.05) is 6.61 Å². The highest BCUT2D eigenvalue weighted by Crippen LogP contribution is 2.27. The summed E-state index contributed by atoms with van der Waals surface area (Å²) in [4.78, 5) is 23.2. The van der Waals surface area contributed by atoms with Crippen molar-refractivity contribution in [2.24, 2.45) is 0 Å². The molecule has 0 heterocycles. The van der Waals surface area contributed by atoms with Crippen molar-refractivity contribution in [1.82, 2.24) is 5.32 Å². The van der Waals surface area contributed by atoms with Gasteiger partial charge in [0.2, 0.25) is 0 Å². The third kappa shape index (κ3) is 4.08. The number of hydrogen-bond donors (Lipinski definition) is 1. The molecule has 0 aliphatic heterocycles. The molecule has 1 saturated carbocycles. The molecule has 0 bridgehead atoms. The van der Waals surface area contributed by atoms with Crippen molar-refractivity contribution in [2.45, 2.75) is 44.6 Å². The number of nitrogens with zero attached hydrogens (tertiary/aromatic N) is 1. The molecule has 0 spiro atoms. The zero-order chi connectivity index (χ0) is 16.0. The van der Waals surface area contributed by atoms with E-state index in [0.717, 1.165) is 19.3 Å². The van der Waals surface area contributed by atoms with E-state index in [-0.39, 0.29) is 18.3 Å². The van der Waals surface area contributed by atoms with Gasteiger partial charge in [0.25, 0.3) is 5.91 Å². The number of ketones is 1. The second kappa shape index (κ2) is 7.08. The Bertz CT molecular complexity index is 581. The molecule has 5 nitrogen and oxygen atoms in total. The Labute approximate surface area is 130 Å². The third-order valence-electron chi connectivity index (χ3n) is 3.93. The van der Waals surface area contributed by atoms with Gasteiger partial charge >= 0.3 is 0 Å². The first-order chi connectivity index (χ1) is 10.5. The highest BCUT2D eigenvalue weighted by molar-refractivity contribution is 5.94. The second-order valence-electron chi connectivity index (χ2n) is 5.67. The smallest absolute Gasteiger partial charge is 0.259 e. The largest absolute Gasteiger partial charge is 0.484 e. The molecule has 116 valence electrons. The minimum Gasteiger partial charge on any atom is -0.484 e. The number of hydrogen-bond acceptors (Lipinski definition) is 4. The standard InChI is InChI=1S/C17H20N2O3/c1-13(20)14-5-7-15(8-6-14)22-11-16(21)19-17(12-18)9-3-2-4-10-17/h5-8H,2-4,9-11H2,1H3,(H,19,21). The summed E-state index contributed by atoms with van der Waals surface area (Å²) in [5.74, 6) is 0.214. The first kappa shape index (κ1) is 16.0. The monoisotopic (exact) mass is 300 g/mol. The number of benzene rings is 1. The summed E-state index contributed by atoms with van der Waals surface area (Å²) in [5, 5.41) is 12.1. The van der Waals surface area contributed by atoms with Crippen molar-refractivity contribution in [3.63, 3.8) is 0 Å². The molecule has 2 rings (SSSR count). The fourth-order valence-electron chi connectivity index (χ4n) is 2.66. The van der Waals surface area contributed by atoms with Crippen molar-refractivity contribution in [3.05, 3.63) is 29.8 Å². The van der Waals surface area contributed by atoms with Gasteiger partial charge in [0, 0.05) is 5.56 Å². The number of rotatable bonds is 5. The first-order valence-electron chi connectivity index (χ1n) is 7.51. The van der Waals surface area contributed by atoms with Gasteiger partial charge in [-0.05, 0) is 44.0 Å². The summed E-state index contributed by atoms with van der Waals surface area (Å²) in [7, 11) is 0. The van der Waals surface area contributed by atoms with E-state index in [2.05, 4.69) is 11.4 Å². The average molecular weight is 300 g/mol. The van der Waals surface area contributed by atoms with E-state index in [1.807, 2.05) is 0 Å². The normalized spacial score (nSPS) is 16.4. The van der Waals surface area contributed by atoms with E-state index in [1.165, 1.54) is 6.92 Å². The maximum absolute atomic E-state index is 12.0. The highest BCUT2D eigenvalue weighted by atomic mass is 16.5. The van der Waals surface area contributed by atoms with E-state index in [0.29, 0.717) is 24.2 Å². The van der Waals surface area contributed by atoms with Crippen LogP contribution in [-0.4, -0.2) is 23.8 Å². The van der Waals surface area contributed by atoms with Gasteiger partial charge in [-0.25, -0.2) is 0 Å². The number of nitrogens with one attached hydrogen (secondary N) is 1. The molecule has 0 saturated heterocycles.